The fourth-order valence-electron chi connectivity index (χ4n) is 1.62. The Morgan fingerprint density at radius 3 is 2.72 bits per heavy atom. The lowest BCUT2D eigenvalue weighted by atomic mass is 10.2. The standard InChI is InChI=1S/C11H11ClN4O2/c1-7(6-10(17)18)16-11(13-14-15-16)8-2-4-9(12)5-3-8/h2-5,7H,6H2,1H3,(H,17,18). The van der Waals surface area contributed by atoms with Gasteiger partial charge in [-0.15, -0.1) is 5.10 Å². The summed E-state index contributed by atoms with van der Waals surface area (Å²) in [5.41, 5.74) is 0.793. The summed E-state index contributed by atoms with van der Waals surface area (Å²) in [4.78, 5) is 10.7. The van der Waals surface area contributed by atoms with Gasteiger partial charge in [0.2, 0.25) is 0 Å². The van der Waals surface area contributed by atoms with Gasteiger partial charge in [-0.2, -0.15) is 0 Å². The van der Waals surface area contributed by atoms with Crippen molar-refractivity contribution in [2.45, 2.75) is 19.4 Å². The van der Waals surface area contributed by atoms with Crippen molar-refractivity contribution in [3.8, 4) is 11.4 Å². The fraction of sp³-hybridized carbons (Fsp3) is 0.273. The zero-order valence-corrected chi connectivity index (χ0v) is 10.4. The maximum Gasteiger partial charge on any atom is 0.305 e. The Bertz CT molecular complexity index is 552. The minimum absolute atomic E-state index is 0.0361. The molecule has 1 N–H and O–H groups in total. The number of aliphatic carboxylic acids is 1. The van der Waals surface area contributed by atoms with E-state index in [0.29, 0.717) is 10.8 Å². The van der Waals surface area contributed by atoms with E-state index in [1.165, 1.54) is 4.68 Å². The van der Waals surface area contributed by atoms with Gasteiger partial charge in [-0.1, -0.05) is 11.6 Å². The molecular weight excluding hydrogens is 256 g/mol. The van der Waals surface area contributed by atoms with E-state index in [2.05, 4.69) is 15.5 Å². The number of carboxylic acids is 1. The number of hydrogen-bond donors (Lipinski definition) is 1. The molecule has 1 heterocycles. The quantitative estimate of drug-likeness (QED) is 0.916. The lowest BCUT2D eigenvalue weighted by Crippen LogP contribution is -2.13. The maximum absolute atomic E-state index is 10.7. The Kier molecular flexibility index (Phi) is 3.57. The van der Waals surface area contributed by atoms with Crippen molar-refractivity contribution in [2.75, 3.05) is 0 Å². The van der Waals surface area contributed by atoms with Crippen LogP contribution in [0, 0.1) is 0 Å². The number of benzene rings is 1. The van der Waals surface area contributed by atoms with E-state index in [-0.39, 0.29) is 12.5 Å². The molecule has 18 heavy (non-hydrogen) atoms. The molecule has 0 fully saturated rings. The molecule has 2 aromatic rings. The van der Waals surface area contributed by atoms with E-state index in [1.807, 2.05) is 0 Å². The first kappa shape index (κ1) is 12.5. The molecule has 94 valence electrons. The van der Waals surface area contributed by atoms with Crippen LogP contribution in [-0.4, -0.2) is 31.3 Å². The molecule has 1 aromatic heterocycles. The fourth-order valence-corrected chi connectivity index (χ4v) is 1.74. The predicted molar refractivity (Wildman–Crippen MR) is 65.2 cm³/mol. The number of aromatic nitrogens is 4. The van der Waals surface area contributed by atoms with Crippen LogP contribution in [0.3, 0.4) is 0 Å². The molecule has 1 unspecified atom stereocenters. The second-order valence-corrected chi connectivity index (χ2v) is 4.34. The molecule has 0 aliphatic carbocycles. The third kappa shape index (κ3) is 2.65. The molecule has 7 heteroatoms. The Morgan fingerprint density at radius 2 is 2.11 bits per heavy atom. The van der Waals surface area contributed by atoms with E-state index < -0.39 is 5.97 Å². The first-order valence-electron chi connectivity index (χ1n) is 5.33. The molecule has 0 aliphatic rings. The summed E-state index contributed by atoms with van der Waals surface area (Å²) in [6.07, 6.45) is -0.0361. The minimum atomic E-state index is -0.889. The van der Waals surface area contributed by atoms with Gasteiger partial charge < -0.3 is 5.11 Å². The van der Waals surface area contributed by atoms with Crippen molar-refractivity contribution in [3.63, 3.8) is 0 Å². The van der Waals surface area contributed by atoms with Gasteiger partial charge in [0, 0.05) is 10.6 Å². The zero-order valence-electron chi connectivity index (χ0n) is 9.62. The predicted octanol–water partition coefficient (Wildman–Crippen LogP) is 2.03. The molecule has 6 nitrogen and oxygen atoms in total. The van der Waals surface area contributed by atoms with E-state index in [0.717, 1.165) is 5.56 Å². The minimum Gasteiger partial charge on any atom is -0.481 e. The molecule has 0 spiro atoms. The Hall–Kier alpha value is -1.95. The van der Waals surface area contributed by atoms with Crippen LogP contribution in [0.25, 0.3) is 11.4 Å². The summed E-state index contributed by atoms with van der Waals surface area (Å²) in [6, 6.07) is 6.73. The van der Waals surface area contributed by atoms with Gasteiger partial charge in [0.25, 0.3) is 0 Å². The lowest BCUT2D eigenvalue weighted by molar-refractivity contribution is -0.137. The molecule has 2 rings (SSSR count). The summed E-state index contributed by atoms with van der Waals surface area (Å²) >= 11 is 5.81. The summed E-state index contributed by atoms with van der Waals surface area (Å²) in [6.45, 7) is 1.75. The molecule has 1 atom stereocenters. The Balaban J connectivity index is 2.32. The van der Waals surface area contributed by atoms with Crippen LogP contribution < -0.4 is 0 Å². The third-order valence-corrected chi connectivity index (χ3v) is 2.73. The van der Waals surface area contributed by atoms with Crippen molar-refractivity contribution in [1.82, 2.24) is 20.2 Å². The van der Waals surface area contributed by atoms with Crippen LogP contribution >= 0.6 is 11.6 Å². The highest BCUT2D eigenvalue weighted by Crippen LogP contribution is 2.22. The largest absolute Gasteiger partial charge is 0.481 e. The van der Waals surface area contributed by atoms with Gasteiger partial charge in [-0.05, 0) is 41.6 Å². The van der Waals surface area contributed by atoms with Gasteiger partial charge in [0.1, 0.15) is 0 Å². The van der Waals surface area contributed by atoms with E-state index in [1.54, 1.807) is 31.2 Å². The van der Waals surface area contributed by atoms with Gasteiger partial charge >= 0.3 is 5.97 Å². The van der Waals surface area contributed by atoms with Crippen molar-refractivity contribution < 1.29 is 9.90 Å². The first-order chi connectivity index (χ1) is 8.58. The number of hydrogen-bond acceptors (Lipinski definition) is 4. The van der Waals surface area contributed by atoms with Gasteiger partial charge in [-0.25, -0.2) is 4.68 Å². The molecule has 0 saturated carbocycles. The second kappa shape index (κ2) is 5.14. The van der Waals surface area contributed by atoms with Crippen LogP contribution in [0.4, 0.5) is 0 Å². The number of nitrogens with zero attached hydrogens (tertiary/aromatic N) is 4. The van der Waals surface area contributed by atoms with Crippen molar-refractivity contribution in [2.24, 2.45) is 0 Å². The topological polar surface area (TPSA) is 80.9 Å². The lowest BCUT2D eigenvalue weighted by Gasteiger charge is -2.10. The zero-order chi connectivity index (χ0) is 13.1. The van der Waals surface area contributed by atoms with Crippen molar-refractivity contribution in [3.05, 3.63) is 29.3 Å². The van der Waals surface area contributed by atoms with Crippen LogP contribution in [-0.2, 0) is 4.79 Å². The summed E-state index contributed by atoms with van der Waals surface area (Å²) in [7, 11) is 0. The summed E-state index contributed by atoms with van der Waals surface area (Å²) < 4.78 is 1.50. The molecule has 0 saturated heterocycles. The maximum atomic E-state index is 10.7. The Morgan fingerprint density at radius 1 is 1.44 bits per heavy atom. The molecule has 0 bridgehead atoms. The third-order valence-electron chi connectivity index (χ3n) is 2.48. The smallest absolute Gasteiger partial charge is 0.305 e. The molecule has 0 radical (unpaired) electrons. The van der Waals surface area contributed by atoms with Crippen molar-refractivity contribution in [1.29, 1.82) is 0 Å². The van der Waals surface area contributed by atoms with Crippen LogP contribution in [0.2, 0.25) is 5.02 Å². The van der Waals surface area contributed by atoms with Crippen molar-refractivity contribution >= 4 is 17.6 Å². The molecule has 0 aliphatic heterocycles. The molecule has 0 amide bonds. The highest BCUT2D eigenvalue weighted by molar-refractivity contribution is 6.30. The monoisotopic (exact) mass is 266 g/mol. The summed E-state index contributed by atoms with van der Waals surface area (Å²) in [5.74, 6) is -0.361. The summed E-state index contributed by atoms with van der Waals surface area (Å²) in [5, 5.41) is 20.7. The second-order valence-electron chi connectivity index (χ2n) is 3.90. The van der Waals surface area contributed by atoms with Gasteiger partial charge in [0.05, 0.1) is 12.5 Å². The highest BCUT2D eigenvalue weighted by Gasteiger charge is 2.16. The number of halogens is 1. The highest BCUT2D eigenvalue weighted by atomic mass is 35.5. The first-order valence-corrected chi connectivity index (χ1v) is 5.71. The van der Waals surface area contributed by atoms with Gasteiger partial charge in [-0.3, -0.25) is 4.79 Å². The number of carboxylic acid groups (broad SMARTS) is 1. The SMILES string of the molecule is CC(CC(=O)O)n1nnnc1-c1ccc(Cl)cc1. The van der Waals surface area contributed by atoms with Crippen LogP contribution in [0.1, 0.15) is 19.4 Å². The number of rotatable bonds is 4. The number of carbonyl (C=O) groups is 1. The Labute approximate surface area is 108 Å². The van der Waals surface area contributed by atoms with E-state index in [9.17, 15) is 4.79 Å². The van der Waals surface area contributed by atoms with Crippen LogP contribution in [0.15, 0.2) is 24.3 Å². The molecule has 1 aromatic carbocycles. The molecular formula is C11H11ClN4O2. The van der Waals surface area contributed by atoms with Crippen LogP contribution in [0.5, 0.6) is 0 Å². The average Bonchev–Trinajstić information content (AvgIpc) is 2.78. The number of tetrazole rings is 1. The average molecular weight is 267 g/mol. The normalized spacial score (nSPS) is 12.3. The van der Waals surface area contributed by atoms with E-state index >= 15 is 0 Å². The van der Waals surface area contributed by atoms with E-state index in [4.69, 9.17) is 16.7 Å². The van der Waals surface area contributed by atoms with Gasteiger partial charge in [0.15, 0.2) is 5.82 Å².